The van der Waals surface area contributed by atoms with Crippen LogP contribution in [0.3, 0.4) is 0 Å². The van der Waals surface area contributed by atoms with E-state index in [1.54, 1.807) is 28.9 Å². The summed E-state index contributed by atoms with van der Waals surface area (Å²) in [5.74, 6) is -0.924. The second-order valence-electron chi connectivity index (χ2n) is 5.14. The van der Waals surface area contributed by atoms with Gasteiger partial charge >= 0.3 is 5.97 Å². The summed E-state index contributed by atoms with van der Waals surface area (Å²) in [7, 11) is 0. The van der Waals surface area contributed by atoms with Gasteiger partial charge < -0.3 is 5.11 Å². The number of rotatable bonds is 6. The molecule has 2 aromatic rings. The topological polar surface area (TPSA) is 78.9 Å². The number of hydrogen-bond acceptors (Lipinski definition) is 3. The van der Waals surface area contributed by atoms with Crippen molar-refractivity contribution in [3.05, 3.63) is 46.8 Å². The number of benzene rings is 1. The lowest BCUT2D eigenvalue weighted by Crippen LogP contribution is -2.07. The zero-order valence-electron chi connectivity index (χ0n) is 12.8. The minimum absolute atomic E-state index is 0.327. The van der Waals surface area contributed by atoms with Crippen LogP contribution in [0, 0.1) is 11.3 Å². The molecule has 0 aliphatic rings. The molecule has 114 valence electrons. The van der Waals surface area contributed by atoms with E-state index in [-0.39, 0.29) is 0 Å². The fourth-order valence-corrected chi connectivity index (χ4v) is 2.52. The lowest BCUT2D eigenvalue weighted by molar-refractivity contribution is 0.0694. The Morgan fingerprint density at radius 2 is 1.86 bits per heavy atom. The Morgan fingerprint density at radius 3 is 2.36 bits per heavy atom. The van der Waals surface area contributed by atoms with Gasteiger partial charge in [0.1, 0.15) is 5.56 Å². The maximum Gasteiger partial charge on any atom is 0.339 e. The first-order chi connectivity index (χ1) is 10.6. The molecular weight excluding hydrogens is 278 g/mol. The van der Waals surface area contributed by atoms with Gasteiger partial charge in [-0.2, -0.15) is 10.4 Å². The molecule has 0 aliphatic carbocycles. The molecule has 1 aromatic heterocycles. The van der Waals surface area contributed by atoms with Crippen LogP contribution in [0.1, 0.15) is 54.0 Å². The Labute approximate surface area is 129 Å². The average molecular weight is 297 g/mol. The van der Waals surface area contributed by atoms with Gasteiger partial charge in [-0.15, -0.1) is 0 Å². The van der Waals surface area contributed by atoms with Crippen LogP contribution in [0.15, 0.2) is 24.3 Å². The third kappa shape index (κ3) is 3.01. The third-order valence-corrected chi connectivity index (χ3v) is 3.48. The average Bonchev–Trinajstić information content (AvgIpc) is 2.87. The van der Waals surface area contributed by atoms with Crippen molar-refractivity contribution in [2.45, 2.75) is 39.5 Å². The summed E-state index contributed by atoms with van der Waals surface area (Å²) in [5.41, 5.74) is 3.03. The summed E-state index contributed by atoms with van der Waals surface area (Å²) in [6.45, 7) is 4.02. The molecule has 0 fully saturated rings. The third-order valence-electron chi connectivity index (χ3n) is 3.48. The van der Waals surface area contributed by atoms with Crippen LogP contribution >= 0.6 is 0 Å². The van der Waals surface area contributed by atoms with Crippen molar-refractivity contribution in [2.75, 3.05) is 0 Å². The van der Waals surface area contributed by atoms with Crippen LogP contribution in [0.25, 0.3) is 5.69 Å². The molecule has 0 bridgehead atoms. The zero-order valence-corrected chi connectivity index (χ0v) is 12.8. The molecule has 0 saturated heterocycles. The second-order valence-corrected chi connectivity index (χ2v) is 5.14. The molecule has 0 spiro atoms. The normalized spacial score (nSPS) is 10.4. The fraction of sp³-hybridized carbons (Fsp3) is 0.353. The van der Waals surface area contributed by atoms with E-state index >= 15 is 0 Å². The number of carbonyl (C=O) groups is 1. The number of nitriles is 1. The lowest BCUT2D eigenvalue weighted by atomic mass is 10.1. The van der Waals surface area contributed by atoms with Gasteiger partial charge in [-0.25, -0.2) is 9.48 Å². The summed E-state index contributed by atoms with van der Waals surface area (Å²) in [6.07, 6.45) is 2.98. The molecule has 0 radical (unpaired) electrons. The quantitative estimate of drug-likeness (QED) is 0.886. The first kappa shape index (κ1) is 15.8. The van der Waals surface area contributed by atoms with Crippen LogP contribution in [0.2, 0.25) is 0 Å². The van der Waals surface area contributed by atoms with Crippen LogP contribution in [0.4, 0.5) is 0 Å². The van der Waals surface area contributed by atoms with Gasteiger partial charge in [-0.1, -0.05) is 26.7 Å². The highest BCUT2D eigenvalue weighted by molar-refractivity contribution is 5.90. The Balaban J connectivity index is 2.60. The molecule has 2 rings (SSSR count). The van der Waals surface area contributed by atoms with Gasteiger partial charge in [0.15, 0.2) is 0 Å². The molecule has 1 aromatic carbocycles. The van der Waals surface area contributed by atoms with E-state index in [1.165, 1.54) is 0 Å². The van der Waals surface area contributed by atoms with E-state index in [4.69, 9.17) is 5.26 Å². The number of carboxylic acids is 1. The van der Waals surface area contributed by atoms with E-state index in [0.717, 1.165) is 24.2 Å². The minimum Gasteiger partial charge on any atom is -0.478 e. The first-order valence-electron chi connectivity index (χ1n) is 7.46. The fourth-order valence-electron chi connectivity index (χ4n) is 2.52. The van der Waals surface area contributed by atoms with E-state index in [9.17, 15) is 9.90 Å². The van der Waals surface area contributed by atoms with Crippen LogP contribution < -0.4 is 0 Å². The molecule has 1 N–H and O–H groups in total. The van der Waals surface area contributed by atoms with E-state index in [2.05, 4.69) is 11.2 Å². The summed E-state index contributed by atoms with van der Waals surface area (Å²) in [6, 6.07) is 9.10. The van der Waals surface area contributed by atoms with Crippen molar-refractivity contribution in [3.8, 4) is 11.8 Å². The molecule has 1 heterocycles. The van der Waals surface area contributed by atoms with Crippen molar-refractivity contribution >= 4 is 5.97 Å². The summed E-state index contributed by atoms with van der Waals surface area (Å²) < 4.78 is 1.71. The van der Waals surface area contributed by atoms with Gasteiger partial charge in [0.05, 0.1) is 28.7 Å². The smallest absolute Gasteiger partial charge is 0.339 e. The van der Waals surface area contributed by atoms with Gasteiger partial charge in [-0.05, 0) is 37.1 Å². The van der Waals surface area contributed by atoms with Crippen LogP contribution in [0.5, 0.6) is 0 Å². The number of hydrogen-bond donors (Lipinski definition) is 1. The maximum atomic E-state index is 11.6. The predicted molar refractivity (Wildman–Crippen MR) is 83.2 cm³/mol. The second kappa shape index (κ2) is 6.90. The Hall–Kier alpha value is -2.61. The molecule has 0 amide bonds. The summed E-state index contributed by atoms with van der Waals surface area (Å²) in [4.78, 5) is 11.6. The standard InChI is InChI=1S/C17H19N3O2/c1-3-5-14-16(17(21)22)15(6-4-2)20(19-14)13-9-7-12(11-18)8-10-13/h7-10H,3-6H2,1-2H3,(H,21,22). The molecule has 22 heavy (non-hydrogen) atoms. The highest BCUT2D eigenvalue weighted by Crippen LogP contribution is 2.22. The highest BCUT2D eigenvalue weighted by Gasteiger charge is 2.22. The Kier molecular flexibility index (Phi) is 4.95. The van der Waals surface area contributed by atoms with Crippen molar-refractivity contribution in [3.63, 3.8) is 0 Å². The molecule has 0 unspecified atom stereocenters. The van der Waals surface area contributed by atoms with Crippen molar-refractivity contribution in [2.24, 2.45) is 0 Å². The van der Waals surface area contributed by atoms with Crippen molar-refractivity contribution < 1.29 is 9.90 Å². The molecule has 5 nitrogen and oxygen atoms in total. The molecule has 5 heteroatoms. The number of nitrogens with zero attached hydrogens (tertiary/aromatic N) is 3. The largest absolute Gasteiger partial charge is 0.478 e. The Bertz CT molecular complexity index is 709. The van der Waals surface area contributed by atoms with Crippen LogP contribution in [-0.2, 0) is 12.8 Å². The number of aryl methyl sites for hydroxylation is 1. The number of aromatic carboxylic acids is 1. The molecule has 0 saturated carbocycles. The van der Waals surface area contributed by atoms with Gasteiger partial charge in [0.2, 0.25) is 0 Å². The maximum absolute atomic E-state index is 11.6. The molecular formula is C17H19N3O2. The lowest BCUT2D eigenvalue weighted by Gasteiger charge is -2.07. The van der Waals surface area contributed by atoms with Crippen molar-refractivity contribution in [1.29, 1.82) is 5.26 Å². The minimum atomic E-state index is -0.924. The van der Waals surface area contributed by atoms with Gasteiger partial charge in [-0.3, -0.25) is 0 Å². The first-order valence-corrected chi connectivity index (χ1v) is 7.46. The Morgan fingerprint density at radius 1 is 1.23 bits per heavy atom. The van der Waals surface area contributed by atoms with Gasteiger partial charge in [0, 0.05) is 0 Å². The number of aromatic nitrogens is 2. The summed E-state index contributed by atoms with van der Waals surface area (Å²) in [5, 5.41) is 22.9. The number of carboxylic acid groups (broad SMARTS) is 1. The zero-order chi connectivity index (χ0) is 16.1. The van der Waals surface area contributed by atoms with Crippen LogP contribution in [-0.4, -0.2) is 20.9 Å². The molecule has 0 atom stereocenters. The van der Waals surface area contributed by atoms with E-state index < -0.39 is 5.97 Å². The monoisotopic (exact) mass is 297 g/mol. The van der Waals surface area contributed by atoms with Crippen molar-refractivity contribution in [1.82, 2.24) is 9.78 Å². The highest BCUT2D eigenvalue weighted by atomic mass is 16.4. The molecule has 0 aliphatic heterocycles. The van der Waals surface area contributed by atoms with E-state index in [0.29, 0.717) is 29.7 Å². The SMILES string of the molecule is CCCc1nn(-c2ccc(C#N)cc2)c(CCC)c1C(=O)O. The van der Waals surface area contributed by atoms with Gasteiger partial charge in [0.25, 0.3) is 0 Å². The predicted octanol–water partition coefficient (Wildman–Crippen LogP) is 3.35. The summed E-state index contributed by atoms with van der Waals surface area (Å²) >= 11 is 0. The van der Waals surface area contributed by atoms with E-state index in [1.807, 2.05) is 13.8 Å².